The number of carbonyl (C=O) groups is 2. The van der Waals surface area contributed by atoms with Gasteiger partial charge in [0, 0.05) is 13.0 Å². The van der Waals surface area contributed by atoms with E-state index >= 15 is 0 Å². The quantitative estimate of drug-likeness (QED) is 0.510. The van der Waals surface area contributed by atoms with Gasteiger partial charge in [0.25, 0.3) is 5.91 Å². The van der Waals surface area contributed by atoms with Gasteiger partial charge in [0.15, 0.2) is 5.82 Å². The lowest BCUT2D eigenvalue weighted by atomic mass is 10.0. The monoisotopic (exact) mass is 452 g/mol. The average molecular weight is 452 g/mol. The second-order valence-electron chi connectivity index (χ2n) is 7.92. The minimum atomic E-state index is -0.781. The third-order valence-corrected chi connectivity index (χ3v) is 5.24. The van der Waals surface area contributed by atoms with Gasteiger partial charge in [-0.1, -0.05) is 30.3 Å². The summed E-state index contributed by atoms with van der Waals surface area (Å²) in [6.07, 6.45) is -0.212. The van der Waals surface area contributed by atoms with Crippen molar-refractivity contribution >= 4 is 11.8 Å². The molecular formula is C24H22F2N4O3. The number of halogens is 2. The standard InChI is InChI=1S/C24H22F2N4O3/c1-13(31)11-27-20(32)10-15-7-5-14(6-8-15)9-18-22-19(12-28-24(22)33)30-23(29-18)21-16(25)3-2-4-17(21)26/h2-8,13,31H,9-12H2,1H3,(H,27,32)(H,28,33)/t13-/m0/s1. The van der Waals surface area contributed by atoms with Crippen molar-refractivity contribution in [3.8, 4) is 11.4 Å². The molecule has 170 valence electrons. The van der Waals surface area contributed by atoms with Crippen LogP contribution in [0.1, 0.15) is 39.8 Å². The van der Waals surface area contributed by atoms with Crippen molar-refractivity contribution in [2.75, 3.05) is 6.54 Å². The van der Waals surface area contributed by atoms with Gasteiger partial charge in [-0.15, -0.1) is 0 Å². The Hall–Kier alpha value is -3.72. The highest BCUT2D eigenvalue weighted by atomic mass is 19.1. The Balaban J connectivity index is 1.60. The van der Waals surface area contributed by atoms with Crippen LogP contribution in [0.2, 0.25) is 0 Å². The van der Waals surface area contributed by atoms with E-state index in [0.29, 0.717) is 17.0 Å². The lowest BCUT2D eigenvalue weighted by Gasteiger charge is -2.11. The maximum Gasteiger partial charge on any atom is 0.255 e. The molecule has 1 aromatic heterocycles. The molecule has 1 atom stereocenters. The molecular weight excluding hydrogens is 430 g/mol. The number of aliphatic hydroxyl groups is 1. The Bertz CT molecular complexity index is 1190. The van der Waals surface area contributed by atoms with Crippen molar-refractivity contribution in [3.05, 3.63) is 82.2 Å². The zero-order chi connectivity index (χ0) is 23.5. The molecule has 2 aromatic carbocycles. The zero-order valence-electron chi connectivity index (χ0n) is 17.9. The van der Waals surface area contributed by atoms with Crippen LogP contribution in [0.5, 0.6) is 0 Å². The molecule has 7 nitrogen and oxygen atoms in total. The van der Waals surface area contributed by atoms with Gasteiger partial charge in [0.1, 0.15) is 11.6 Å². The fraction of sp³-hybridized carbons (Fsp3) is 0.250. The van der Waals surface area contributed by atoms with E-state index in [-0.39, 0.29) is 49.1 Å². The van der Waals surface area contributed by atoms with Gasteiger partial charge in [-0.25, -0.2) is 18.7 Å². The minimum absolute atomic E-state index is 0.109. The van der Waals surface area contributed by atoms with Crippen molar-refractivity contribution in [3.63, 3.8) is 0 Å². The molecule has 0 saturated heterocycles. The van der Waals surface area contributed by atoms with Crippen LogP contribution in [0.4, 0.5) is 8.78 Å². The number of nitrogens with one attached hydrogen (secondary N) is 2. The van der Waals surface area contributed by atoms with Crippen LogP contribution in [0.25, 0.3) is 11.4 Å². The number of amides is 2. The molecule has 4 rings (SSSR count). The summed E-state index contributed by atoms with van der Waals surface area (Å²) in [5, 5.41) is 14.6. The molecule has 0 aliphatic carbocycles. The molecule has 0 unspecified atom stereocenters. The van der Waals surface area contributed by atoms with E-state index < -0.39 is 17.7 Å². The van der Waals surface area contributed by atoms with Crippen molar-refractivity contribution < 1.29 is 23.5 Å². The molecule has 0 spiro atoms. The number of fused-ring (bicyclic) bond motifs is 1. The molecule has 1 aliphatic heterocycles. The fourth-order valence-corrected chi connectivity index (χ4v) is 3.63. The van der Waals surface area contributed by atoms with E-state index in [1.54, 1.807) is 19.1 Å². The number of hydrogen-bond acceptors (Lipinski definition) is 5. The molecule has 2 heterocycles. The molecule has 3 aromatic rings. The Morgan fingerprint density at radius 3 is 2.42 bits per heavy atom. The summed E-state index contributed by atoms with van der Waals surface area (Å²) in [5.74, 6) is -2.20. The van der Waals surface area contributed by atoms with Crippen molar-refractivity contribution in [2.45, 2.75) is 32.4 Å². The van der Waals surface area contributed by atoms with Crippen LogP contribution in [0.3, 0.4) is 0 Å². The Morgan fingerprint density at radius 2 is 1.76 bits per heavy atom. The van der Waals surface area contributed by atoms with E-state index in [9.17, 15) is 23.5 Å². The maximum absolute atomic E-state index is 14.3. The Morgan fingerprint density at radius 1 is 1.09 bits per heavy atom. The molecule has 1 aliphatic rings. The van der Waals surface area contributed by atoms with Crippen LogP contribution in [-0.2, 0) is 24.2 Å². The smallest absolute Gasteiger partial charge is 0.255 e. The minimum Gasteiger partial charge on any atom is -0.392 e. The van der Waals surface area contributed by atoms with E-state index in [4.69, 9.17) is 0 Å². The van der Waals surface area contributed by atoms with E-state index in [1.165, 1.54) is 6.07 Å². The highest BCUT2D eigenvalue weighted by molar-refractivity contribution is 5.99. The van der Waals surface area contributed by atoms with Crippen LogP contribution < -0.4 is 10.6 Å². The molecule has 33 heavy (non-hydrogen) atoms. The van der Waals surface area contributed by atoms with Gasteiger partial charge in [-0.05, 0) is 30.2 Å². The highest BCUT2D eigenvalue weighted by Crippen LogP contribution is 2.27. The predicted molar refractivity (Wildman–Crippen MR) is 116 cm³/mol. The third kappa shape index (κ3) is 5.04. The second kappa shape index (κ2) is 9.41. The largest absolute Gasteiger partial charge is 0.392 e. The van der Waals surface area contributed by atoms with Crippen LogP contribution in [0, 0.1) is 11.6 Å². The molecule has 0 fully saturated rings. The highest BCUT2D eigenvalue weighted by Gasteiger charge is 2.28. The van der Waals surface area contributed by atoms with Crippen LogP contribution in [-0.4, -0.2) is 39.5 Å². The molecule has 0 saturated carbocycles. The third-order valence-electron chi connectivity index (χ3n) is 5.24. The number of benzene rings is 2. The number of rotatable bonds is 7. The summed E-state index contributed by atoms with van der Waals surface area (Å²) in [6, 6.07) is 10.7. The van der Waals surface area contributed by atoms with Gasteiger partial charge < -0.3 is 15.7 Å². The molecule has 0 bridgehead atoms. The summed E-state index contributed by atoms with van der Waals surface area (Å²) in [7, 11) is 0. The Kier molecular flexibility index (Phi) is 6.41. The van der Waals surface area contributed by atoms with E-state index in [0.717, 1.165) is 23.3 Å². The number of hydrogen-bond donors (Lipinski definition) is 3. The summed E-state index contributed by atoms with van der Waals surface area (Å²) < 4.78 is 28.6. The summed E-state index contributed by atoms with van der Waals surface area (Å²) in [6.45, 7) is 1.93. The lowest BCUT2D eigenvalue weighted by molar-refractivity contribution is -0.120. The number of nitrogens with zero attached hydrogens (tertiary/aromatic N) is 2. The number of aliphatic hydroxyl groups excluding tert-OH is 1. The van der Waals surface area contributed by atoms with Crippen LogP contribution >= 0.6 is 0 Å². The van der Waals surface area contributed by atoms with Gasteiger partial charge in [-0.3, -0.25) is 9.59 Å². The van der Waals surface area contributed by atoms with Gasteiger partial charge in [0.05, 0.1) is 41.6 Å². The van der Waals surface area contributed by atoms with Crippen molar-refractivity contribution in [1.29, 1.82) is 0 Å². The van der Waals surface area contributed by atoms with Gasteiger partial charge in [0.2, 0.25) is 5.91 Å². The number of aromatic nitrogens is 2. The van der Waals surface area contributed by atoms with Gasteiger partial charge >= 0.3 is 0 Å². The van der Waals surface area contributed by atoms with Gasteiger partial charge in [-0.2, -0.15) is 0 Å². The van der Waals surface area contributed by atoms with Crippen LogP contribution in [0.15, 0.2) is 42.5 Å². The van der Waals surface area contributed by atoms with E-state index in [1.807, 2.05) is 12.1 Å². The summed E-state index contributed by atoms with van der Waals surface area (Å²) in [4.78, 5) is 32.9. The molecule has 3 N–H and O–H groups in total. The van der Waals surface area contributed by atoms with E-state index in [2.05, 4.69) is 20.6 Å². The fourth-order valence-electron chi connectivity index (χ4n) is 3.63. The first-order valence-corrected chi connectivity index (χ1v) is 10.5. The summed E-state index contributed by atoms with van der Waals surface area (Å²) >= 11 is 0. The second-order valence-corrected chi connectivity index (χ2v) is 7.92. The SMILES string of the molecule is C[C@H](O)CNC(=O)Cc1ccc(Cc2nc(-c3c(F)cccc3F)nc3c2C(=O)NC3)cc1. The maximum atomic E-state index is 14.3. The predicted octanol–water partition coefficient (Wildman–Crippen LogP) is 2.30. The lowest BCUT2D eigenvalue weighted by Crippen LogP contribution is -2.31. The van der Waals surface area contributed by atoms with Crippen molar-refractivity contribution in [2.24, 2.45) is 0 Å². The number of carbonyl (C=O) groups excluding carboxylic acids is 2. The molecule has 9 heteroatoms. The topological polar surface area (TPSA) is 104 Å². The first-order chi connectivity index (χ1) is 15.8. The molecule has 0 radical (unpaired) electrons. The van der Waals surface area contributed by atoms with Crippen molar-refractivity contribution in [1.82, 2.24) is 20.6 Å². The molecule has 2 amide bonds. The Labute approximate surface area is 188 Å². The first kappa shape index (κ1) is 22.5. The summed E-state index contributed by atoms with van der Waals surface area (Å²) in [5.41, 5.74) is 2.34. The average Bonchev–Trinajstić information content (AvgIpc) is 3.14. The zero-order valence-corrected chi connectivity index (χ0v) is 17.9. The first-order valence-electron chi connectivity index (χ1n) is 10.5. The normalized spacial score (nSPS) is 13.4.